The van der Waals surface area contributed by atoms with Crippen LogP contribution in [0.15, 0.2) is 16.9 Å². The molecular formula is C11H13F3N2O2. The van der Waals surface area contributed by atoms with Gasteiger partial charge < -0.3 is 9.88 Å². The fourth-order valence-corrected chi connectivity index (χ4v) is 1.34. The Balaban J connectivity index is 2.78. The summed E-state index contributed by atoms with van der Waals surface area (Å²) in [5.41, 5.74) is -0.182. The summed E-state index contributed by atoms with van der Waals surface area (Å²) in [6.07, 6.45) is -5.42. The van der Waals surface area contributed by atoms with Crippen LogP contribution in [0, 0.1) is 6.92 Å². The second-order valence-electron chi connectivity index (χ2n) is 3.98. The Morgan fingerprint density at radius 1 is 1.39 bits per heavy atom. The standard InChI is InChI=1S/C11H13F3N2O2/c1-7-3-4-8(9(17)15-7)10(18)16(2)6-5-11(12,13)14/h3-4H,5-6H2,1-2H3,(H,15,17). The number of amides is 1. The molecule has 18 heavy (non-hydrogen) atoms. The zero-order chi connectivity index (χ0) is 13.9. The first-order valence-electron chi connectivity index (χ1n) is 5.23. The number of aromatic amines is 1. The molecule has 0 spiro atoms. The van der Waals surface area contributed by atoms with Gasteiger partial charge in [-0.15, -0.1) is 0 Å². The summed E-state index contributed by atoms with van der Waals surface area (Å²) in [6.45, 7) is 1.17. The van der Waals surface area contributed by atoms with E-state index in [1.165, 1.54) is 19.2 Å². The molecule has 1 heterocycles. The highest BCUT2D eigenvalue weighted by Crippen LogP contribution is 2.19. The van der Waals surface area contributed by atoms with Crippen molar-refractivity contribution < 1.29 is 18.0 Å². The van der Waals surface area contributed by atoms with Crippen molar-refractivity contribution in [1.82, 2.24) is 9.88 Å². The monoisotopic (exact) mass is 262 g/mol. The molecule has 7 heteroatoms. The van der Waals surface area contributed by atoms with Crippen LogP contribution >= 0.6 is 0 Å². The number of pyridine rings is 1. The molecule has 0 saturated heterocycles. The molecule has 0 radical (unpaired) electrons. The van der Waals surface area contributed by atoms with Gasteiger partial charge in [-0.2, -0.15) is 13.2 Å². The van der Waals surface area contributed by atoms with Crippen LogP contribution in [0.4, 0.5) is 13.2 Å². The van der Waals surface area contributed by atoms with Crippen molar-refractivity contribution in [1.29, 1.82) is 0 Å². The fourth-order valence-electron chi connectivity index (χ4n) is 1.34. The lowest BCUT2D eigenvalue weighted by atomic mass is 10.2. The molecule has 1 aromatic rings. The molecule has 0 unspecified atom stereocenters. The zero-order valence-electron chi connectivity index (χ0n) is 9.97. The number of rotatable bonds is 3. The van der Waals surface area contributed by atoms with Crippen LogP contribution in [0.2, 0.25) is 0 Å². The van der Waals surface area contributed by atoms with E-state index >= 15 is 0 Å². The number of carbonyl (C=O) groups is 1. The number of hydrogen-bond donors (Lipinski definition) is 1. The quantitative estimate of drug-likeness (QED) is 0.901. The van der Waals surface area contributed by atoms with Crippen LogP contribution in [0.25, 0.3) is 0 Å². The largest absolute Gasteiger partial charge is 0.390 e. The number of nitrogens with zero attached hydrogens (tertiary/aromatic N) is 1. The lowest BCUT2D eigenvalue weighted by Gasteiger charge is -2.17. The van der Waals surface area contributed by atoms with Gasteiger partial charge in [-0.3, -0.25) is 9.59 Å². The maximum atomic E-state index is 12.0. The van der Waals surface area contributed by atoms with Crippen LogP contribution < -0.4 is 5.56 Å². The van der Waals surface area contributed by atoms with Gasteiger partial charge in [-0.1, -0.05) is 0 Å². The smallest absolute Gasteiger partial charge is 0.341 e. The lowest BCUT2D eigenvalue weighted by molar-refractivity contribution is -0.136. The van der Waals surface area contributed by atoms with Crippen molar-refractivity contribution in [2.45, 2.75) is 19.5 Å². The van der Waals surface area contributed by atoms with Gasteiger partial charge in [-0.25, -0.2) is 0 Å². The van der Waals surface area contributed by atoms with Crippen LogP contribution in [0.1, 0.15) is 22.5 Å². The maximum Gasteiger partial charge on any atom is 0.390 e. The summed E-state index contributed by atoms with van der Waals surface area (Å²) >= 11 is 0. The summed E-state index contributed by atoms with van der Waals surface area (Å²) in [6, 6.07) is 2.83. The Bertz CT molecular complexity index is 494. The Kier molecular flexibility index (Phi) is 4.15. The van der Waals surface area contributed by atoms with Gasteiger partial charge >= 0.3 is 6.18 Å². The summed E-state index contributed by atoms with van der Waals surface area (Å²) in [5.74, 6) is -0.722. The van der Waals surface area contributed by atoms with E-state index in [1.54, 1.807) is 6.92 Å². The third-order valence-corrected chi connectivity index (χ3v) is 2.36. The van der Waals surface area contributed by atoms with Gasteiger partial charge in [0, 0.05) is 19.3 Å². The topological polar surface area (TPSA) is 53.2 Å². The van der Waals surface area contributed by atoms with E-state index in [2.05, 4.69) is 4.98 Å². The number of halogens is 3. The minimum atomic E-state index is -4.33. The second kappa shape index (κ2) is 5.24. The molecule has 0 bridgehead atoms. The van der Waals surface area contributed by atoms with Gasteiger partial charge in [0.05, 0.1) is 6.42 Å². The predicted molar refractivity (Wildman–Crippen MR) is 59.4 cm³/mol. The SMILES string of the molecule is Cc1ccc(C(=O)N(C)CCC(F)(F)F)c(=O)[nH]1. The number of nitrogens with one attached hydrogen (secondary N) is 1. The normalized spacial score (nSPS) is 11.4. The van der Waals surface area contributed by atoms with E-state index in [9.17, 15) is 22.8 Å². The Labute approximate surface area is 101 Å². The van der Waals surface area contributed by atoms with E-state index in [0.717, 1.165) is 4.90 Å². The molecule has 1 aromatic heterocycles. The minimum absolute atomic E-state index is 0.162. The summed E-state index contributed by atoms with van der Waals surface area (Å²) in [7, 11) is 1.23. The highest BCUT2D eigenvalue weighted by atomic mass is 19.4. The second-order valence-corrected chi connectivity index (χ2v) is 3.98. The molecule has 0 aliphatic rings. The van der Waals surface area contributed by atoms with E-state index in [-0.39, 0.29) is 5.56 Å². The first kappa shape index (κ1) is 14.3. The van der Waals surface area contributed by atoms with E-state index in [4.69, 9.17) is 0 Å². The third-order valence-electron chi connectivity index (χ3n) is 2.36. The first-order chi connectivity index (χ1) is 8.20. The maximum absolute atomic E-state index is 12.0. The Hall–Kier alpha value is -1.79. The van der Waals surface area contributed by atoms with Crippen molar-refractivity contribution in [2.24, 2.45) is 0 Å². The number of H-pyrrole nitrogens is 1. The van der Waals surface area contributed by atoms with E-state index in [0.29, 0.717) is 5.69 Å². The molecule has 0 atom stereocenters. The van der Waals surface area contributed by atoms with Gasteiger partial charge in [0.15, 0.2) is 0 Å². The van der Waals surface area contributed by atoms with Crippen molar-refractivity contribution in [2.75, 3.05) is 13.6 Å². The molecule has 0 aromatic carbocycles. The molecule has 0 aliphatic heterocycles. The van der Waals surface area contributed by atoms with Crippen molar-refractivity contribution in [3.8, 4) is 0 Å². The first-order valence-corrected chi connectivity index (χ1v) is 5.23. The molecule has 0 fully saturated rings. The molecule has 1 N–H and O–H groups in total. The number of aromatic nitrogens is 1. The third kappa shape index (κ3) is 3.90. The van der Waals surface area contributed by atoms with Crippen LogP contribution in [-0.4, -0.2) is 35.6 Å². The predicted octanol–water partition coefficient (Wildman–Crippen LogP) is 1.71. The Morgan fingerprint density at radius 3 is 2.50 bits per heavy atom. The number of carbonyl (C=O) groups excluding carboxylic acids is 1. The summed E-state index contributed by atoms with van der Waals surface area (Å²) < 4.78 is 36.0. The van der Waals surface area contributed by atoms with Crippen LogP contribution in [0.3, 0.4) is 0 Å². The van der Waals surface area contributed by atoms with Crippen molar-refractivity contribution >= 4 is 5.91 Å². The van der Waals surface area contributed by atoms with Crippen LogP contribution in [-0.2, 0) is 0 Å². The molecular weight excluding hydrogens is 249 g/mol. The molecule has 4 nitrogen and oxygen atoms in total. The van der Waals surface area contributed by atoms with Gasteiger partial charge in [0.2, 0.25) is 0 Å². The van der Waals surface area contributed by atoms with Crippen molar-refractivity contribution in [3.63, 3.8) is 0 Å². The highest BCUT2D eigenvalue weighted by Gasteiger charge is 2.28. The van der Waals surface area contributed by atoms with Gasteiger partial charge in [-0.05, 0) is 19.1 Å². The van der Waals surface area contributed by atoms with E-state index in [1.807, 2.05) is 0 Å². The molecule has 0 saturated carbocycles. The molecule has 0 aliphatic carbocycles. The number of hydrogen-bond acceptors (Lipinski definition) is 2. The van der Waals surface area contributed by atoms with Crippen LogP contribution in [0.5, 0.6) is 0 Å². The zero-order valence-corrected chi connectivity index (χ0v) is 9.97. The average Bonchev–Trinajstić information content (AvgIpc) is 2.24. The Morgan fingerprint density at radius 2 is 2.00 bits per heavy atom. The molecule has 1 rings (SSSR count). The molecule has 100 valence electrons. The lowest BCUT2D eigenvalue weighted by Crippen LogP contribution is -2.34. The fraction of sp³-hybridized carbons (Fsp3) is 0.455. The number of aryl methyl sites for hydroxylation is 1. The highest BCUT2D eigenvalue weighted by molar-refractivity contribution is 5.93. The summed E-state index contributed by atoms with van der Waals surface area (Å²) in [4.78, 5) is 26.5. The minimum Gasteiger partial charge on any atom is -0.341 e. The van der Waals surface area contributed by atoms with Gasteiger partial charge in [0.1, 0.15) is 5.56 Å². The van der Waals surface area contributed by atoms with Crippen molar-refractivity contribution in [3.05, 3.63) is 33.7 Å². The number of alkyl halides is 3. The average molecular weight is 262 g/mol. The van der Waals surface area contributed by atoms with E-state index < -0.39 is 30.6 Å². The molecule has 1 amide bonds. The summed E-state index contributed by atoms with van der Waals surface area (Å²) in [5, 5.41) is 0. The van der Waals surface area contributed by atoms with Gasteiger partial charge in [0.25, 0.3) is 11.5 Å².